The van der Waals surface area contributed by atoms with Gasteiger partial charge in [0, 0.05) is 21.4 Å². The molecule has 0 spiro atoms. The second-order valence-corrected chi connectivity index (χ2v) is 7.14. The van der Waals surface area contributed by atoms with Crippen LogP contribution in [0.5, 0.6) is 0 Å². The molecule has 3 aromatic rings. The molecular formula is C20H19BrFN3O. The Kier molecular flexibility index (Phi) is 5.23. The van der Waals surface area contributed by atoms with Crippen molar-refractivity contribution >= 4 is 27.5 Å². The van der Waals surface area contributed by atoms with Gasteiger partial charge in [-0.25, -0.2) is 9.07 Å². The summed E-state index contributed by atoms with van der Waals surface area (Å²) in [6, 6.07) is 11.9. The zero-order chi connectivity index (χ0) is 18.8. The van der Waals surface area contributed by atoms with Crippen molar-refractivity contribution in [2.45, 2.75) is 27.2 Å². The van der Waals surface area contributed by atoms with Gasteiger partial charge in [-0.05, 0) is 68.8 Å². The number of carbonyl (C=O) groups excluding carboxylic acids is 1. The number of nitrogens with zero attached hydrogens (tertiary/aromatic N) is 2. The topological polar surface area (TPSA) is 46.9 Å². The van der Waals surface area contributed by atoms with Gasteiger partial charge in [0.2, 0.25) is 5.91 Å². The SMILES string of the molecule is Cc1cc(Br)ccc1NC(=O)Cc1c(C)nn(-c2ccc(F)cc2)c1C. The number of halogens is 2. The fraction of sp³-hybridized carbons (Fsp3) is 0.200. The van der Waals surface area contributed by atoms with E-state index >= 15 is 0 Å². The average Bonchev–Trinajstić information content (AvgIpc) is 2.86. The van der Waals surface area contributed by atoms with E-state index < -0.39 is 0 Å². The molecule has 0 unspecified atom stereocenters. The van der Waals surface area contributed by atoms with Gasteiger partial charge in [-0.15, -0.1) is 0 Å². The third-order valence-corrected chi connectivity index (χ3v) is 4.81. The van der Waals surface area contributed by atoms with E-state index in [1.807, 2.05) is 39.0 Å². The maximum absolute atomic E-state index is 13.1. The maximum atomic E-state index is 13.1. The van der Waals surface area contributed by atoms with Crippen molar-refractivity contribution in [3.8, 4) is 5.69 Å². The first-order valence-corrected chi connectivity index (χ1v) is 9.01. The number of nitrogens with one attached hydrogen (secondary N) is 1. The predicted molar refractivity (Wildman–Crippen MR) is 104 cm³/mol. The van der Waals surface area contributed by atoms with E-state index in [1.54, 1.807) is 16.8 Å². The van der Waals surface area contributed by atoms with Crippen LogP contribution in [0.2, 0.25) is 0 Å². The summed E-state index contributed by atoms with van der Waals surface area (Å²) < 4.78 is 15.8. The van der Waals surface area contributed by atoms with Crippen LogP contribution in [-0.4, -0.2) is 15.7 Å². The first kappa shape index (κ1) is 18.3. The van der Waals surface area contributed by atoms with Crippen molar-refractivity contribution in [2.24, 2.45) is 0 Å². The van der Waals surface area contributed by atoms with E-state index in [-0.39, 0.29) is 18.1 Å². The van der Waals surface area contributed by atoms with E-state index in [4.69, 9.17) is 0 Å². The molecule has 4 nitrogen and oxygen atoms in total. The highest BCUT2D eigenvalue weighted by molar-refractivity contribution is 9.10. The Morgan fingerprint density at radius 1 is 1.15 bits per heavy atom. The average molecular weight is 416 g/mol. The monoisotopic (exact) mass is 415 g/mol. The lowest BCUT2D eigenvalue weighted by Gasteiger charge is -2.09. The Morgan fingerprint density at radius 3 is 2.50 bits per heavy atom. The summed E-state index contributed by atoms with van der Waals surface area (Å²) >= 11 is 3.42. The Labute approximate surface area is 160 Å². The van der Waals surface area contributed by atoms with Crippen LogP contribution in [0.3, 0.4) is 0 Å². The molecule has 134 valence electrons. The summed E-state index contributed by atoms with van der Waals surface area (Å²) in [7, 11) is 0. The molecule has 2 aromatic carbocycles. The second-order valence-electron chi connectivity index (χ2n) is 6.22. The van der Waals surface area contributed by atoms with Gasteiger partial charge in [-0.2, -0.15) is 5.10 Å². The molecule has 0 aliphatic rings. The van der Waals surface area contributed by atoms with Crippen molar-refractivity contribution in [2.75, 3.05) is 5.32 Å². The highest BCUT2D eigenvalue weighted by Gasteiger charge is 2.16. The number of aromatic nitrogens is 2. The fourth-order valence-corrected chi connectivity index (χ4v) is 3.36. The summed E-state index contributed by atoms with van der Waals surface area (Å²) in [6.45, 7) is 5.74. The maximum Gasteiger partial charge on any atom is 0.228 e. The quantitative estimate of drug-likeness (QED) is 0.659. The van der Waals surface area contributed by atoms with Crippen molar-refractivity contribution < 1.29 is 9.18 Å². The smallest absolute Gasteiger partial charge is 0.228 e. The van der Waals surface area contributed by atoms with Crippen LogP contribution in [0.4, 0.5) is 10.1 Å². The molecule has 0 saturated heterocycles. The fourth-order valence-electron chi connectivity index (χ4n) is 2.89. The summed E-state index contributed by atoms with van der Waals surface area (Å²) in [5, 5.41) is 7.46. The molecule has 0 bridgehead atoms. The highest BCUT2D eigenvalue weighted by Crippen LogP contribution is 2.22. The molecule has 1 amide bonds. The molecule has 1 aromatic heterocycles. The first-order valence-electron chi connectivity index (χ1n) is 8.22. The van der Waals surface area contributed by atoms with Crippen LogP contribution in [0.25, 0.3) is 5.69 Å². The molecule has 3 rings (SSSR count). The Morgan fingerprint density at radius 2 is 1.85 bits per heavy atom. The third kappa shape index (κ3) is 3.85. The normalized spacial score (nSPS) is 10.8. The lowest BCUT2D eigenvalue weighted by atomic mass is 10.1. The molecule has 0 fully saturated rings. The third-order valence-electron chi connectivity index (χ3n) is 4.31. The van der Waals surface area contributed by atoms with Crippen LogP contribution in [0.15, 0.2) is 46.9 Å². The Balaban J connectivity index is 1.81. The van der Waals surface area contributed by atoms with Crippen molar-refractivity contribution in [3.63, 3.8) is 0 Å². The number of aryl methyl sites for hydroxylation is 2. The van der Waals surface area contributed by atoms with Gasteiger partial charge in [0.15, 0.2) is 0 Å². The molecule has 0 aliphatic carbocycles. The zero-order valence-corrected chi connectivity index (χ0v) is 16.4. The van der Waals surface area contributed by atoms with Crippen LogP contribution < -0.4 is 5.32 Å². The first-order chi connectivity index (χ1) is 12.3. The molecule has 1 N–H and O–H groups in total. The number of benzene rings is 2. The van der Waals surface area contributed by atoms with E-state index in [1.165, 1.54) is 12.1 Å². The van der Waals surface area contributed by atoms with E-state index in [9.17, 15) is 9.18 Å². The molecule has 26 heavy (non-hydrogen) atoms. The molecular weight excluding hydrogens is 397 g/mol. The largest absolute Gasteiger partial charge is 0.326 e. The standard InChI is InChI=1S/C20H19BrFN3O/c1-12-10-15(21)4-9-19(12)23-20(26)11-18-13(2)24-25(14(18)3)17-7-5-16(22)6-8-17/h4-10H,11H2,1-3H3,(H,23,26). The van der Waals surface area contributed by atoms with Gasteiger partial charge >= 0.3 is 0 Å². The minimum absolute atomic E-state index is 0.0970. The number of amides is 1. The minimum atomic E-state index is -0.292. The summed E-state index contributed by atoms with van der Waals surface area (Å²) in [4.78, 5) is 12.5. The molecule has 0 radical (unpaired) electrons. The van der Waals surface area contributed by atoms with Gasteiger partial charge in [-0.3, -0.25) is 4.79 Å². The van der Waals surface area contributed by atoms with E-state index in [0.717, 1.165) is 38.4 Å². The van der Waals surface area contributed by atoms with E-state index in [0.29, 0.717) is 0 Å². The van der Waals surface area contributed by atoms with Gasteiger partial charge in [0.1, 0.15) is 5.82 Å². The lowest BCUT2D eigenvalue weighted by Crippen LogP contribution is -2.16. The summed E-state index contributed by atoms with van der Waals surface area (Å²) in [5.41, 5.74) is 5.08. The van der Waals surface area contributed by atoms with Gasteiger partial charge < -0.3 is 5.32 Å². The Hall–Kier alpha value is -2.47. The predicted octanol–water partition coefficient (Wildman–Crippen LogP) is 4.88. The van der Waals surface area contributed by atoms with Gasteiger partial charge in [0.25, 0.3) is 0 Å². The highest BCUT2D eigenvalue weighted by atomic mass is 79.9. The molecule has 0 aliphatic heterocycles. The lowest BCUT2D eigenvalue weighted by molar-refractivity contribution is -0.115. The van der Waals surface area contributed by atoms with Crippen LogP contribution in [0.1, 0.15) is 22.5 Å². The second kappa shape index (κ2) is 7.41. The molecule has 6 heteroatoms. The molecule has 0 saturated carbocycles. The van der Waals surface area contributed by atoms with Gasteiger partial charge in [0.05, 0.1) is 17.8 Å². The summed E-state index contributed by atoms with van der Waals surface area (Å²) in [6.07, 6.45) is 0.231. The molecule has 1 heterocycles. The number of rotatable bonds is 4. The zero-order valence-electron chi connectivity index (χ0n) is 14.8. The van der Waals surface area contributed by atoms with E-state index in [2.05, 4.69) is 26.3 Å². The minimum Gasteiger partial charge on any atom is -0.326 e. The number of hydrogen-bond donors (Lipinski definition) is 1. The Bertz CT molecular complexity index is 964. The van der Waals surface area contributed by atoms with Crippen molar-refractivity contribution in [3.05, 3.63) is 75.3 Å². The van der Waals surface area contributed by atoms with Crippen LogP contribution in [0, 0.1) is 26.6 Å². The summed E-state index contributed by atoms with van der Waals surface area (Å²) in [5.74, 6) is -0.389. The van der Waals surface area contributed by atoms with Crippen LogP contribution >= 0.6 is 15.9 Å². The number of hydrogen-bond acceptors (Lipinski definition) is 2. The number of anilines is 1. The van der Waals surface area contributed by atoms with Crippen molar-refractivity contribution in [1.29, 1.82) is 0 Å². The molecule has 0 atom stereocenters. The van der Waals surface area contributed by atoms with Crippen LogP contribution in [-0.2, 0) is 11.2 Å². The van der Waals surface area contributed by atoms with Gasteiger partial charge in [-0.1, -0.05) is 15.9 Å². The van der Waals surface area contributed by atoms with Crippen molar-refractivity contribution in [1.82, 2.24) is 9.78 Å². The number of carbonyl (C=O) groups is 1.